The molecule has 0 aromatic carbocycles. The minimum atomic E-state index is -0.766. The van der Waals surface area contributed by atoms with Gasteiger partial charge in [-0.2, -0.15) is 0 Å². The van der Waals surface area contributed by atoms with Gasteiger partial charge in [0.2, 0.25) is 0 Å². The number of nitrogens with zero attached hydrogens (tertiary/aromatic N) is 1. The number of aliphatic hydroxyl groups excluding tert-OH is 1. The summed E-state index contributed by atoms with van der Waals surface area (Å²) in [5.74, 6) is -0.398. The fourth-order valence-electron chi connectivity index (χ4n) is 0.775. The monoisotopic (exact) mass is 171 g/mol. The zero-order chi connectivity index (χ0) is 9.89. The Kier molecular flexibility index (Phi) is 3.96. The molecule has 0 saturated heterocycles. The van der Waals surface area contributed by atoms with Gasteiger partial charge in [-0.1, -0.05) is 13.5 Å². The number of rotatable bonds is 4. The zero-order valence-electron chi connectivity index (χ0n) is 8.16. The molecule has 0 bridgehead atoms. The third kappa shape index (κ3) is 2.66. The quantitative estimate of drug-likeness (QED) is 0.675. The van der Waals surface area contributed by atoms with Crippen LogP contribution in [0.4, 0.5) is 0 Å². The molecule has 0 spiro atoms. The lowest BCUT2D eigenvalue weighted by molar-refractivity contribution is -0.122. The fourth-order valence-corrected chi connectivity index (χ4v) is 0.775. The summed E-state index contributed by atoms with van der Waals surface area (Å²) in [6.45, 7) is 6.85. The third-order valence-electron chi connectivity index (χ3n) is 2.03. The standard InChI is InChI=1S/C9H17NO2/c1-6(8(3)11)9(12)7(2)10(4)5/h6,9,12H,2H2,1,3-5H3/t6-,9+/m0/s1. The molecule has 0 aliphatic carbocycles. The van der Waals surface area contributed by atoms with Crippen molar-refractivity contribution in [1.29, 1.82) is 0 Å². The summed E-state index contributed by atoms with van der Waals surface area (Å²) in [5, 5.41) is 9.57. The van der Waals surface area contributed by atoms with Gasteiger partial charge < -0.3 is 10.0 Å². The SMILES string of the molecule is C=C([C@H](O)[C@@H](C)C(C)=O)N(C)C. The molecule has 0 radical (unpaired) electrons. The molecule has 0 heterocycles. The first-order valence-corrected chi connectivity index (χ1v) is 3.92. The molecule has 0 aromatic heterocycles. The Balaban J connectivity index is 4.29. The highest BCUT2D eigenvalue weighted by molar-refractivity contribution is 5.78. The Morgan fingerprint density at radius 2 is 1.92 bits per heavy atom. The van der Waals surface area contributed by atoms with Crippen LogP contribution in [0.25, 0.3) is 0 Å². The first-order valence-electron chi connectivity index (χ1n) is 3.92. The van der Waals surface area contributed by atoms with Gasteiger partial charge in [0.05, 0.1) is 0 Å². The second kappa shape index (κ2) is 4.26. The maximum absolute atomic E-state index is 10.9. The van der Waals surface area contributed by atoms with E-state index < -0.39 is 6.10 Å². The van der Waals surface area contributed by atoms with Crippen LogP contribution in [0.2, 0.25) is 0 Å². The van der Waals surface area contributed by atoms with Crippen molar-refractivity contribution in [2.24, 2.45) is 5.92 Å². The molecule has 12 heavy (non-hydrogen) atoms. The second-order valence-corrected chi connectivity index (χ2v) is 3.23. The van der Waals surface area contributed by atoms with Crippen LogP contribution in [0.15, 0.2) is 12.3 Å². The van der Waals surface area contributed by atoms with E-state index in [0.29, 0.717) is 5.70 Å². The van der Waals surface area contributed by atoms with Crippen LogP contribution in [0, 0.1) is 5.92 Å². The summed E-state index contributed by atoms with van der Waals surface area (Å²) < 4.78 is 0. The van der Waals surface area contributed by atoms with Gasteiger partial charge in [-0.15, -0.1) is 0 Å². The molecule has 0 aromatic rings. The summed E-state index contributed by atoms with van der Waals surface area (Å²) in [7, 11) is 3.58. The predicted molar refractivity (Wildman–Crippen MR) is 48.7 cm³/mol. The lowest BCUT2D eigenvalue weighted by Crippen LogP contribution is -2.31. The number of aliphatic hydroxyl groups is 1. The van der Waals surface area contributed by atoms with Crippen LogP contribution in [-0.4, -0.2) is 36.0 Å². The van der Waals surface area contributed by atoms with Crippen molar-refractivity contribution < 1.29 is 9.90 Å². The van der Waals surface area contributed by atoms with Gasteiger partial charge in [-0.05, 0) is 6.92 Å². The minimum absolute atomic E-state index is 0.0227. The van der Waals surface area contributed by atoms with E-state index in [4.69, 9.17) is 0 Å². The van der Waals surface area contributed by atoms with Gasteiger partial charge in [0, 0.05) is 25.7 Å². The number of hydrogen-bond acceptors (Lipinski definition) is 3. The summed E-state index contributed by atoms with van der Waals surface area (Å²) >= 11 is 0. The Hall–Kier alpha value is -0.830. The highest BCUT2D eigenvalue weighted by Crippen LogP contribution is 2.13. The van der Waals surface area contributed by atoms with Crippen LogP contribution in [0.5, 0.6) is 0 Å². The number of hydrogen-bond donors (Lipinski definition) is 1. The van der Waals surface area contributed by atoms with Gasteiger partial charge in [0.25, 0.3) is 0 Å². The molecule has 3 nitrogen and oxygen atoms in total. The van der Waals surface area contributed by atoms with E-state index >= 15 is 0 Å². The van der Waals surface area contributed by atoms with Crippen LogP contribution < -0.4 is 0 Å². The first kappa shape index (κ1) is 11.2. The van der Waals surface area contributed by atoms with Crippen molar-refractivity contribution >= 4 is 5.78 Å². The summed E-state index contributed by atoms with van der Waals surface area (Å²) in [4.78, 5) is 12.6. The number of carbonyl (C=O) groups excluding carboxylic acids is 1. The highest BCUT2D eigenvalue weighted by atomic mass is 16.3. The van der Waals surface area contributed by atoms with Crippen molar-refractivity contribution in [1.82, 2.24) is 4.90 Å². The summed E-state index contributed by atoms with van der Waals surface area (Å²) in [6.07, 6.45) is -0.766. The average Bonchev–Trinajstić information content (AvgIpc) is 2.00. The lowest BCUT2D eigenvalue weighted by atomic mass is 9.98. The third-order valence-corrected chi connectivity index (χ3v) is 2.03. The average molecular weight is 171 g/mol. The summed E-state index contributed by atoms with van der Waals surface area (Å²) in [5.41, 5.74) is 0.567. The van der Waals surface area contributed by atoms with Crippen molar-refractivity contribution in [2.75, 3.05) is 14.1 Å². The van der Waals surface area contributed by atoms with Crippen LogP contribution >= 0.6 is 0 Å². The lowest BCUT2D eigenvalue weighted by Gasteiger charge is -2.24. The zero-order valence-corrected chi connectivity index (χ0v) is 8.16. The Labute approximate surface area is 73.7 Å². The minimum Gasteiger partial charge on any atom is -0.386 e. The fraction of sp³-hybridized carbons (Fsp3) is 0.667. The van der Waals surface area contributed by atoms with Crippen molar-refractivity contribution in [2.45, 2.75) is 20.0 Å². The first-order chi connectivity index (χ1) is 5.37. The largest absolute Gasteiger partial charge is 0.386 e. The van der Waals surface area contributed by atoms with E-state index in [2.05, 4.69) is 6.58 Å². The molecular formula is C9H17NO2. The van der Waals surface area contributed by atoms with Crippen LogP contribution in [-0.2, 0) is 4.79 Å². The topological polar surface area (TPSA) is 40.5 Å². The Morgan fingerprint density at radius 1 is 1.50 bits per heavy atom. The number of carbonyl (C=O) groups is 1. The van der Waals surface area contributed by atoms with Gasteiger partial charge in [0.15, 0.2) is 0 Å². The van der Waals surface area contributed by atoms with E-state index in [1.54, 1.807) is 25.9 Å². The van der Waals surface area contributed by atoms with Gasteiger partial charge in [-0.3, -0.25) is 4.79 Å². The molecule has 0 amide bonds. The maximum Gasteiger partial charge on any atom is 0.135 e. The van der Waals surface area contributed by atoms with Gasteiger partial charge >= 0.3 is 0 Å². The van der Waals surface area contributed by atoms with E-state index in [1.807, 2.05) is 0 Å². The maximum atomic E-state index is 10.9. The van der Waals surface area contributed by atoms with Crippen LogP contribution in [0.3, 0.4) is 0 Å². The molecule has 2 atom stereocenters. The molecule has 1 N–H and O–H groups in total. The van der Waals surface area contributed by atoms with Crippen molar-refractivity contribution in [3.8, 4) is 0 Å². The molecule has 0 unspecified atom stereocenters. The van der Waals surface area contributed by atoms with E-state index in [-0.39, 0.29) is 11.7 Å². The smallest absolute Gasteiger partial charge is 0.135 e. The number of Topliss-reactive ketones (excluding diaryl/α,β-unsaturated/α-hetero) is 1. The second-order valence-electron chi connectivity index (χ2n) is 3.23. The van der Waals surface area contributed by atoms with Gasteiger partial charge in [0.1, 0.15) is 11.9 Å². The van der Waals surface area contributed by atoms with Crippen molar-refractivity contribution in [3.05, 3.63) is 12.3 Å². The van der Waals surface area contributed by atoms with E-state index in [1.165, 1.54) is 6.92 Å². The van der Waals surface area contributed by atoms with E-state index in [9.17, 15) is 9.90 Å². The molecule has 70 valence electrons. The normalized spacial score (nSPS) is 15.1. The molecule has 0 rings (SSSR count). The predicted octanol–water partition coefficient (Wildman–Crippen LogP) is 0.648. The Bertz CT molecular complexity index is 187. The van der Waals surface area contributed by atoms with Crippen molar-refractivity contribution in [3.63, 3.8) is 0 Å². The highest BCUT2D eigenvalue weighted by Gasteiger charge is 2.21. The molecule has 0 fully saturated rings. The molecule has 0 aliphatic rings. The van der Waals surface area contributed by atoms with E-state index in [0.717, 1.165) is 0 Å². The molecule has 0 aliphatic heterocycles. The molecular weight excluding hydrogens is 154 g/mol. The molecule has 3 heteroatoms. The van der Waals surface area contributed by atoms with Gasteiger partial charge in [-0.25, -0.2) is 0 Å². The number of ketones is 1. The number of likely N-dealkylation sites (N-methyl/N-ethyl adjacent to an activating group) is 1. The van der Waals surface area contributed by atoms with Crippen LogP contribution in [0.1, 0.15) is 13.8 Å². The Morgan fingerprint density at radius 3 is 2.17 bits per heavy atom. The molecule has 0 saturated carbocycles. The summed E-state index contributed by atoms with van der Waals surface area (Å²) in [6, 6.07) is 0.